The summed E-state index contributed by atoms with van der Waals surface area (Å²) in [6.07, 6.45) is 1.50. The van der Waals surface area contributed by atoms with Crippen LogP contribution in [0, 0.1) is 12.7 Å². The standard InChI is InChI=1S/C20H25FN6O3/c1-3-4-15-10-17(28)25-20(23-15)27-16(9-12(2)26-27)24-19(30)18(29)22-11-13-5-7-14(21)8-6-13/h5-9,15,20,23H,3-4,10-11H2,1-2H3,(H,22,29)(H,24,30)(H,25,28). The Hall–Kier alpha value is -3.27. The van der Waals surface area contributed by atoms with Gasteiger partial charge in [-0.2, -0.15) is 5.10 Å². The Kier molecular flexibility index (Phi) is 6.78. The summed E-state index contributed by atoms with van der Waals surface area (Å²) in [6.45, 7) is 3.87. The lowest BCUT2D eigenvalue weighted by Gasteiger charge is -2.32. The van der Waals surface area contributed by atoms with Crippen LogP contribution in [0.1, 0.15) is 43.7 Å². The van der Waals surface area contributed by atoms with Crippen molar-refractivity contribution in [2.45, 2.75) is 52.0 Å². The lowest BCUT2D eigenvalue weighted by Crippen LogP contribution is -2.53. The van der Waals surface area contributed by atoms with Crippen LogP contribution in [0.4, 0.5) is 10.2 Å². The number of nitrogens with zero attached hydrogens (tertiary/aromatic N) is 2. The molecule has 0 bridgehead atoms. The number of aromatic nitrogens is 2. The van der Waals surface area contributed by atoms with Crippen molar-refractivity contribution in [3.63, 3.8) is 0 Å². The van der Waals surface area contributed by atoms with Crippen LogP contribution in [0.25, 0.3) is 0 Å². The Morgan fingerprint density at radius 1 is 1.27 bits per heavy atom. The SMILES string of the molecule is CCCC1CC(=O)NC(n2nc(C)cc2NC(=O)C(=O)NCc2ccc(F)cc2)N1. The predicted molar refractivity (Wildman–Crippen MR) is 107 cm³/mol. The molecule has 1 aromatic heterocycles. The van der Waals surface area contributed by atoms with Crippen molar-refractivity contribution in [1.29, 1.82) is 0 Å². The fourth-order valence-corrected chi connectivity index (χ4v) is 3.27. The topological polar surface area (TPSA) is 117 Å². The summed E-state index contributed by atoms with van der Waals surface area (Å²) < 4.78 is 14.4. The van der Waals surface area contributed by atoms with E-state index in [9.17, 15) is 18.8 Å². The van der Waals surface area contributed by atoms with Crippen molar-refractivity contribution in [1.82, 2.24) is 25.7 Å². The summed E-state index contributed by atoms with van der Waals surface area (Å²) in [4.78, 5) is 36.5. The van der Waals surface area contributed by atoms with E-state index >= 15 is 0 Å². The fraction of sp³-hybridized carbons (Fsp3) is 0.400. The maximum Gasteiger partial charge on any atom is 0.314 e. The predicted octanol–water partition coefficient (Wildman–Crippen LogP) is 1.32. The number of rotatable bonds is 6. The number of amides is 3. The van der Waals surface area contributed by atoms with Crippen molar-refractivity contribution >= 4 is 23.5 Å². The molecule has 2 atom stereocenters. The van der Waals surface area contributed by atoms with E-state index in [0.717, 1.165) is 12.8 Å². The molecule has 1 saturated heterocycles. The van der Waals surface area contributed by atoms with Gasteiger partial charge in [0, 0.05) is 25.1 Å². The molecule has 1 aromatic carbocycles. The minimum atomic E-state index is -0.870. The van der Waals surface area contributed by atoms with E-state index in [1.165, 1.54) is 28.9 Å². The molecule has 0 radical (unpaired) electrons. The number of hydrogen-bond donors (Lipinski definition) is 4. The highest BCUT2D eigenvalue weighted by Gasteiger charge is 2.29. The first-order valence-corrected chi connectivity index (χ1v) is 9.81. The molecule has 2 aromatic rings. The van der Waals surface area contributed by atoms with Crippen molar-refractivity contribution in [3.05, 3.63) is 47.4 Å². The number of hydrogen-bond acceptors (Lipinski definition) is 5. The second-order valence-electron chi connectivity index (χ2n) is 7.21. The van der Waals surface area contributed by atoms with E-state index in [4.69, 9.17) is 0 Å². The van der Waals surface area contributed by atoms with Crippen LogP contribution in [-0.2, 0) is 20.9 Å². The summed E-state index contributed by atoms with van der Waals surface area (Å²) in [6, 6.07) is 7.22. The van der Waals surface area contributed by atoms with E-state index in [1.807, 2.05) is 6.92 Å². The van der Waals surface area contributed by atoms with Gasteiger partial charge in [-0.05, 0) is 31.0 Å². The molecule has 0 spiro atoms. The second kappa shape index (κ2) is 9.49. The lowest BCUT2D eigenvalue weighted by molar-refractivity contribution is -0.136. The molecule has 2 heterocycles. The van der Waals surface area contributed by atoms with Gasteiger partial charge in [0.25, 0.3) is 0 Å². The van der Waals surface area contributed by atoms with Gasteiger partial charge in [0.15, 0.2) is 6.29 Å². The lowest BCUT2D eigenvalue weighted by atomic mass is 10.1. The average molecular weight is 416 g/mol. The van der Waals surface area contributed by atoms with Crippen molar-refractivity contribution in [2.75, 3.05) is 5.32 Å². The summed E-state index contributed by atoms with van der Waals surface area (Å²) in [7, 11) is 0. The van der Waals surface area contributed by atoms with Crippen molar-refractivity contribution in [3.8, 4) is 0 Å². The van der Waals surface area contributed by atoms with Crippen molar-refractivity contribution in [2.24, 2.45) is 0 Å². The molecule has 4 N–H and O–H groups in total. The molecule has 0 aliphatic carbocycles. The normalized spacial score (nSPS) is 18.6. The van der Waals surface area contributed by atoms with Gasteiger partial charge in [0.05, 0.1) is 5.69 Å². The molecule has 30 heavy (non-hydrogen) atoms. The van der Waals surface area contributed by atoms with Crippen LogP contribution < -0.4 is 21.3 Å². The number of anilines is 1. The third-order valence-electron chi connectivity index (χ3n) is 4.68. The Balaban J connectivity index is 1.64. The Morgan fingerprint density at radius 2 is 2.00 bits per heavy atom. The zero-order valence-corrected chi connectivity index (χ0v) is 16.9. The molecular formula is C20H25FN6O3. The van der Waals surface area contributed by atoms with E-state index in [1.54, 1.807) is 13.0 Å². The van der Waals surface area contributed by atoms with Gasteiger partial charge >= 0.3 is 11.8 Å². The monoisotopic (exact) mass is 416 g/mol. The van der Waals surface area contributed by atoms with E-state index < -0.39 is 18.1 Å². The fourth-order valence-electron chi connectivity index (χ4n) is 3.27. The molecule has 1 aliphatic heterocycles. The van der Waals surface area contributed by atoms with Crippen LogP contribution in [0.5, 0.6) is 0 Å². The summed E-state index contributed by atoms with van der Waals surface area (Å²) >= 11 is 0. The zero-order valence-electron chi connectivity index (χ0n) is 16.9. The van der Waals surface area contributed by atoms with Gasteiger partial charge in [-0.3, -0.25) is 19.7 Å². The van der Waals surface area contributed by atoms with Gasteiger partial charge in [-0.1, -0.05) is 25.5 Å². The maximum absolute atomic E-state index is 12.9. The molecular weight excluding hydrogens is 391 g/mol. The first kappa shape index (κ1) is 21.4. The first-order valence-electron chi connectivity index (χ1n) is 9.81. The Labute approximate surface area is 173 Å². The highest BCUT2D eigenvalue weighted by Crippen LogP contribution is 2.18. The highest BCUT2D eigenvalue weighted by molar-refractivity contribution is 6.39. The van der Waals surface area contributed by atoms with Gasteiger partial charge in [0.1, 0.15) is 11.6 Å². The summed E-state index contributed by atoms with van der Waals surface area (Å²) in [5, 5.41) is 15.4. The Bertz CT molecular complexity index is 927. The molecule has 9 nitrogen and oxygen atoms in total. The van der Waals surface area contributed by atoms with E-state index in [2.05, 4.69) is 26.4 Å². The van der Waals surface area contributed by atoms with E-state index in [0.29, 0.717) is 17.7 Å². The molecule has 2 unspecified atom stereocenters. The number of carbonyl (C=O) groups is 3. The molecule has 10 heteroatoms. The average Bonchev–Trinajstić information content (AvgIpc) is 3.07. The first-order chi connectivity index (χ1) is 14.4. The van der Waals surface area contributed by atoms with Crippen LogP contribution in [0.15, 0.2) is 30.3 Å². The van der Waals surface area contributed by atoms with Gasteiger partial charge in [-0.25, -0.2) is 9.07 Å². The number of carbonyl (C=O) groups excluding carboxylic acids is 3. The van der Waals surface area contributed by atoms with Crippen LogP contribution in [0.3, 0.4) is 0 Å². The van der Waals surface area contributed by atoms with Crippen molar-refractivity contribution < 1.29 is 18.8 Å². The molecule has 0 saturated carbocycles. The summed E-state index contributed by atoms with van der Waals surface area (Å²) in [5.74, 6) is -1.92. The zero-order chi connectivity index (χ0) is 21.7. The molecule has 1 aliphatic rings. The molecule has 3 amide bonds. The Morgan fingerprint density at radius 3 is 2.70 bits per heavy atom. The smallest absolute Gasteiger partial charge is 0.314 e. The number of nitrogens with one attached hydrogen (secondary N) is 4. The summed E-state index contributed by atoms with van der Waals surface area (Å²) in [5.41, 5.74) is 1.28. The van der Waals surface area contributed by atoms with Crippen LogP contribution >= 0.6 is 0 Å². The maximum atomic E-state index is 12.9. The van der Waals surface area contributed by atoms with Crippen LogP contribution in [0.2, 0.25) is 0 Å². The molecule has 1 fully saturated rings. The van der Waals surface area contributed by atoms with Gasteiger partial charge in [0.2, 0.25) is 5.91 Å². The molecule has 160 valence electrons. The third kappa shape index (κ3) is 5.41. The minimum Gasteiger partial charge on any atom is -0.344 e. The number of aryl methyl sites for hydroxylation is 1. The van der Waals surface area contributed by atoms with Gasteiger partial charge in [-0.15, -0.1) is 0 Å². The number of benzene rings is 1. The highest BCUT2D eigenvalue weighted by atomic mass is 19.1. The molecule has 3 rings (SSSR count). The second-order valence-corrected chi connectivity index (χ2v) is 7.21. The largest absolute Gasteiger partial charge is 0.344 e. The quantitative estimate of drug-likeness (QED) is 0.530. The minimum absolute atomic E-state index is 0.000755. The van der Waals surface area contributed by atoms with E-state index in [-0.39, 0.29) is 30.1 Å². The van der Waals surface area contributed by atoms with Gasteiger partial charge < -0.3 is 16.0 Å². The number of halogens is 1. The third-order valence-corrected chi connectivity index (χ3v) is 4.68. The van der Waals surface area contributed by atoms with Crippen LogP contribution in [-0.4, -0.2) is 33.5 Å².